The summed E-state index contributed by atoms with van der Waals surface area (Å²) in [7, 11) is 0. The second-order valence-corrected chi connectivity index (χ2v) is 4.29. The molecule has 14 heavy (non-hydrogen) atoms. The molecule has 2 N–H and O–H groups in total. The fourth-order valence-electron chi connectivity index (χ4n) is 1.86. The molecule has 0 aromatic heterocycles. The van der Waals surface area contributed by atoms with Crippen LogP contribution in [0, 0.1) is 0 Å². The van der Waals surface area contributed by atoms with Gasteiger partial charge in [-0.1, -0.05) is 0 Å². The minimum atomic E-state index is -0.953. The Kier molecular flexibility index (Phi) is 2.32. The van der Waals surface area contributed by atoms with Crippen molar-refractivity contribution in [2.45, 2.75) is 57.3 Å². The van der Waals surface area contributed by atoms with Gasteiger partial charge in [0.05, 0.1) is 6.10 Å². The van der Waals surface area contributed by atoms with Crippen LogP contribution in [0.3, 0.4) is 0 Å². The Bertz CT molecular complexity index is 229. The van der Waals surface area contributed by atoms with E-state index in [0.29, 0.717) is 0 Å². The quantitative estimate of drug-likeness (QED) is 0.562. The molecule has 5 nitrogen and oxygen atoms in total. The highest BCUT2D eigenvalue weighted by Gasteiger charge is 2.52. The highest BCUT2D eigenvalue weighted by atomic mass is 16.8. The molecule has 2 rings (SSSR count). The summed E-state index contributed by atoms with van der Waals surface area (Å²) in [5.74, 6) is -0.764. The van der Waals surface area contributed by atoms with Gasteiger partial charge in [0.25, 0.3) is 0 Å². The van der Waals surface area contributed by atoms with Gasteiger partial charge in [-0.3, -0.25) is 0 Å². The van der Waals surface area contributed by atoms with Gasteiger partial charge in [-0.2, -0.15) is 0 Å². The summed E-state index contributed by atoms with van der Waals surface area (Å²) in [5, 5.41) is 19.3. The summed E-state index contributed by atoms with van der Waals surface area (Å²) in [6.07, 6.45) is -3.50. The van der Waals surface area contributed by atoms with Crippen LogP contribution in [0.2, 0.25) is 0 Å². The SMILES string of the molecule is CC1O[C@H]2OC(C)(C)OC2[C@H](O)[C@H]1O. The average Bonchev–Trinajstić information content (AvgIpc) is 2.37. The molecule has 0 radical (unpaired) electrons. The lowest BCUT2D eigenvalue weighted by molar-refractivity contribution is -0.245. The maximum Gasteiger partial charge on any atom is 0.190 e. The highest BCUT2D eigenvalue weighted by Crippen LogP contribution is 2.35. The van der Waals surface area contributed by atoms with Crippen LogP contribution < -0.4 is 0 Å². The Morgan fingerprint density at radius 1 is 1.07 bits per heavy atom. The molecule has 0 amide bonds. The van der Waals surface area contributed by atoms with Crippen molar-refractivity contribution in [1.29, 1.82) is 0 Å². The molecule has 0 aromatic rings. The molecule has 0 saturated carbocycles. The van der Waals surface area contributed by atoms with Crippen molar-refractivity contribution >= 4 is 0 Å². The van der Waals surface area contributed by atoms with E-state index in [1.807, 2.05) is 0 Å². The van der Waals surface area contributed by atoms with Crippen molar-refractivity contribution in [3.8, 4) is 0 Å². The summed E-state index contributed by atoms with van der Waals surface area (Å²) >= 11 is 0. The minimum Gasteiger partial charge on any atom is -0.388 e. The first-order valence-electron chi connectivity index (χ1n) is 4.78. The van der Waals surface area contributed by atoms with Crippen molar-refractivity contribution in [1.82, 2.24) is 0 Å². The largest absolute Gasteiger partial charge is 0.388 e. The topological polar surface area (TPSA) is 68.2 Å². The van der Waals surface area contributed by atoms with E-state index in [-0.39, 0.29) is 0 Å². The first kappa shape index (κ1) is 10.3. The van der Waals surface area contributed by atoms with Crippen LogP contribution in [0.5, 0.6) is 0 Å². The van der Waals surface area contributed by atoms with Gasteiger partial charge in [0, 0.05) is 0 Å². The Hall–Kier alpha value is -0.200. The summed E-state index contributed by atoms with van der Waals surface area (Å²) in [5.41, 5.74) is 0. The van der Waals surface area contributed by atoms with Gasteiger partial charge in [0.15, 0.2) is 12.1 Å². The number of aliphatic hydroxyl groups excluding tert-OH is 2. The second-order valence-electron chi connectivity index (χ2n) is 4.29. The molecule has 2 heterocycles. The van der Waals surface area contributed by atoms with Crippen molar-refractivity contribution in [2.75, 3.05) is 0 Å². The molecule has 82 valence electrons. The molecular formula is C9H16O5. The third-order valence-electron chi connectivity index (χ3n) is 2.60. The predicted octanol–water partition coefficient (Wildman–Crippen LogP) is -0.396. The molecule has 0 aliphatic carbocycles. The number of rotatable bonds is 0. The zero-order valence-electron chi connectivity index (χ0n) is 8.51. The Labute approximate surface area is 82.6 Å². The lowest BCUT2D eigenvalue weighted by Crippen LogP contribution is -2.55. The molecule has 5 atom stereocenters. The second kappa shape index (κ2) is 3.15. The minimum absolute atomic E-state index is 0.441. The first-order chi connectivity index (χ1) is 6.41. The predicted molar refractivity (Wildman–Crippen MR) is 46.4 cm³/mol. The standard InChI is InChI=1S/C9H16O5/c1-4-5(10)6(11)7-8(12-4)14-9(2,3)13-7/h4-8,10-11H,1-3H3/t4?,5-,6+,7?,8-/m0/s1. The van der Waals surface area contributed by atoms with Crippen LogP contribution in [0.4, 0.5) is 0 Å². The van der Waals surface area contributed by atoms with E-state index in [4.69, 9.17) is 14.2 Å². The molecule has 0 aromatic carbocycles. The fraction of sp³-hybridized carbons (Fsp3) is 1.00. The lowest BCUT2D eigenvalue weighted by atomic mass is 10.0. The van der Waals surface area contributed by atoms with E-state index in [1.54, 1.807) is 20.8 Å². The highest BCUT2D eigenvalue weighted by molar-refractivity contribution is 4.92. The van der Waals surface area contributed by atoms with Crippen molar-refractivity contribution in [2.24, 2.45) is 0 Å². The average molecular weight is 204 g/mol. The zero-order valence-corrected chi connectivity index (χ0v) is 8.51. The van der Waals surface area contributed by atoms with E-state index in [0.717, 1.165) is 0 Å². The number of hydrogen-bond acceptors (Lipinski definition) is 5. The molecule has 5 heteroatoms. The van der Waals surface area contributed by atoms with E-state index in [2.05, 4.69) is 0 Å². The number of ether oxygens (including phenoxy) is 3. The van der Waals surface area contributed by atoms with Crippen LogP contribution in [-0.4, -0.2) is 46.7 Å². The maximum absolute atomic E-state index is 9.72. The smallest absolute Gasteiger partial charge is 0.190 e. The third-order valence-corrected chi connectivity index (χ3v) is 2.60. The van der Waals surface area contributed by atoms with Gasteiger partial charge in [-0.05, 0) is 20.8 Å². The van der Waals surface area contributed by atoms with E-state index in [9.17, 15) is 10.2 Å². The third kappa shape index (κ3) is 1.55. The lowest BCUT2D eigenvalue weighted by Gasteiger charge is -2.36. The monoisotopic (exact) mass is 204 g/mol. The van der Waals surface area contributed by atoms with Crippen LogP contribution in [-0.2, 0) is 14.2 Å². The van der Waals surface area contributed by atoms with Crippen molar-refractivity contribution in [3.05, 3.63) is 0 Å². The molecule has 2 unspecified atom stereocenters. The van der Waals surface area contributed by atoms with Gasteiger partial charge in [0.2, 0.25) is 0 Å². The van der Waals surface area contributed by atoms with E-state index < -0.39 is 36.5 Å². The number of aliphatic hydroxyl groups is 2. The van der Waals surface area contributed by atoms with E-state index in [1.165, 1.54) is 0 Å². The zero-order chi connectivity index (χ0) is 10.5. The fourth-order valence-corrected chi connectivity index (χ4v) is 1.86. The van der Waals surface area contributed by atoms with Gasteiger partial charge in [0.1, 0.15) is 18.3 Å². The molecule has 2 saturated heterocycles. The molecular weight excluding hydrogens is 188 g/mol. The van der Waals surface area contributed by atoms with Gasteiger partial charge in [-0.15, -0.1) is 0 Å². The van der Waals surface area contributed by atoms with Crippen LogP contribution in [0.15, 0.2) is 0 Å². The Morgan fingerprint density at radius 3 is 2.36 bits per heavy atom. The van der Waals surface area contributed by atoms with Crippen LogP contribution in [0.1, 0.15) is 20.8 Å². The Balaban J connectivity index is 2.15. The molecule has 0 spiro atoms. The first-order valence-corrected chi connectivity index (χ1v) is 4.78. The summed E-state index contributed by atoms with van der Waals surface area (Å²) in [4.78, 5) is 0. The van der Waals surface area contributed by atoms with Crippen LogP contribution in [0.25, 0.3) is 0 Å². The molecule has 2 aliphatic heterocycles. The normalized spacial score (nSPS) is 51.6. The number of fused-ring (bicyclic) bond motifs is 1. The Morgan fingerprint density at radius 2 is 1.71 bits per heavy atom. The van der Waals surface area contributed by atoms with Gasteiger partial charge < -0.3 is 24.4 Å². The number of hydrogen-bond donors (Lipinski definition) is 2. The van der Waals surface area contributed by atoms with Gasteiger partial charge in [-0.25, -0.2) is 0 Å². The molecule has 0 bridgehead atoms. The summed E-state index contributed by atoms with van der Waals surface area (Å²) < 4.78 is 16.2. The molecule has 2 aliphatic rings. The van der Waals surface area contributed by atoms with Gasteiger partial charge >= 0.3 is 0 Å². The summed E-state index contributed by atoms with van der Waals surface area (Å²) in [6, 6.07) is 0. The van der Waals surface area contributed by atoms with E-state index >= 15 is 0 Å². The van der Waals surface area contributed by atoms with Crippen molar-refractivity contribution < 1.29 is 24.4 Å². The summed E-state index contributed by atoms with van der Waals surface area (Å²) in [6.45, 7) is 5.19. The van der Waals surface area contributed by atoms with Crippen molar-refractivity contribution in [3.63, 3.8) is 0 Å². The maximum atomic E-state index is 9.72. The van der Waals surface area contributed by atoms with Crippen LogP contribution >= 0.6 is 0 Å². The molecule has 2 fully saturated rings.